The molecule has 0 saturated carbocycles. The van der Waals surface area contributed by atoms with Crippen LogP contribution in [0, 0.1) is 5.92 Å². The molecule has 4 amide bonds. The molecule has 1 spiro atoms. The van der Waals surface area contributed by atoms with E-state index in [1.54, 1.807) is 0 Å². The zero-order valence-electron chi connectivity index (χ0n) is 16.3. The molecule has 3 saturated heterocycles. The van der Waals surface area contributed by atoms with Crippen LogP contribution in [0.15, 0.2) is 0 Å². The predicted octanol–water partition coefficient (Wildman–Crippen LogP) is 1.43. The molecule has 0 unspecified atom stereocenters. The Morgan fingerprint density at radius 2 is 1.77 bits per heavy atom. The van der Waals surface area contributed by atoms with Crippen LogP contribution in [0.4, 0.5) is 4.79 Å². The second-order valence-electron chi connectivity index (χ2n) is 8.35. The minimum atomic E-state index is -0.707. The summed E-state index contributed by atoms with van der Waals surface area (Å²) >= 11 is 0. The molecule has 0 aromatic rings. The van der Waals surface area contributed by atoms with E-state index < -0.39 is 5.54 Å². The fraction of sp³-hybridized carbons (Fsp3) is 0.842. The lowest BCUT2D eigenvalue weighted by atomic mass is 9.86. The Balaban J connectivity index is 1.61. The van der Waals surface area contributed by atoms with Crippen molar-refractivity contribution in [2.45, 2.75) is 64.5 Å². The van der Waals surface area contributed by atoms with Crippen LogP contribution in [-0.4, -0.2) is 76.8 Å². The first-order chi connectivity index (χ1) is 12.4. The molecule has 0 atom stereocenters. The molecule has 0 bridgehead atoms. The summed E-state index contributed by atoms with van der Waals surface area (Å²) in [4.78, 5) is 43.2. The Kier molecular flexibility index (Phi) is 5.55. The highest BCUT2D eigenvalue weighted by Gasteiger charge is 2.54. The number of urea groups is 1. The zero-order chi connectivity index (χ0) is 18.9. The maximum absolute atomic E-state index is 13.1. The molecule has 0 aliphatic carbocycles. The van der Waals surface area contributed by atoms with Crippen molar-refractivity contribution in [3.8, 4) is 0 Å². The molecular formula is C19H32N4O3. The van der Waals surface area contributed by atoms with Crippen molar-refractivity contribution in [2.24, 2.45) is 5.92 Å². The minimum Gasteiger partial charge on any atom is -0.343 e. The van der Waals surface area contributed by atoms with Gasteiger partial charge in [-0.15, -0.1) is 0 Å². The summed E-state index contributed by atoms with van der Waals surface area (Å²) in [6.07, 6.45) is 3.24. The van der Waals surface area contributed by atoms with E-state index in [1.807, 2.05) is 11.8 Å². The molecule has 146 valence electrons. The first-order valence-corrected chi connectivity index (χ1v) is 10.0. The number of hydrogen-bond donors (Lipinski definition) is 1. The quantitative estimate of drug-likeness (QED) is 0.766. The molecular weight excluding hydrogens is 332 g/mol. The second-order valence-corrected chi connectivity index (χ2v) is 8.35. The smallest absolute Gasteiger partial charge is 0.325 e. The lowest BCUT2D eigenvalue weighted by molar-refractivity contribution is -0.136. The standard InChI is InChI=1S/C19H32N4O3/c1-4-16(24)22-9-5-15(6-10-22)23-17(25)19(20-18(23)26)7-11-21(12-8-19)13-14(2)3/h14-15H,4-13H2,1-3H3,(H,20,26). The van der Waals surface area contributed by atoms with Crippen LogP contribution in [0.3, 0.4) is 0 Å². The summed E-state index contributed by atoms with van der Waals surface area (Å²) in [5.41, 5.74) is -0.707. The van der Waals surface area contributed by atoms with Gasteiger partial charge in [0.1, 0.15) is 5.54 Å². The molecule has 3 aliphatic rings. The van der Waals surface area contributed by atoms with Gasteiger partial charge in [0.15, 0.2) is 0 Å². The summed E-state index contributed by atoms with van der Waals surface area (Å²) in [6, 6.07) is -0.330. The minimum absolute atomic E-state index is 0.0491. The highest BCUT2D eigenvalue weighted by molar-refractivity contribution is 6.07. The molecule has 26 heavy (non-hydrogen) atoms. The third-order valence-electron chi connectivity index (χ3n) is 6.01. The van der Waals surface area contributed by atoms with Crippen molar-refractivity contribution in [2.75, 3.05) is 32.7 Å². The van der Waals surface area contributed by atoms with Gasteiger partial charge in [0.05, 0.1) is 0 Å². The van der Waals surface area contributed by atoms with Crippen LogP contribution in [0.1, 0.15) is 52.9 Å². The van der Waals surface area contributed by atoms with Gasteiger partial charge in [-0.3, -0.25) is 14.5 Å². The number of imide groups is 1. The number of nitrogens with zero attached hydrogens (tertiary/aromatic N) is 3. The monoisotopic (exact) mass is 364 g/mol. The molecule has 7 nitrogen and oxygen atoms in total. The van der Waals surface area contributed by atoms with Gasteiger partial charge in [-0.25, -0.2) is 4.79 Å². The Labute approximate surface area is 156 Å². The fourth-order valence-corrected chi connectivity index (χ4v) is 4.54. The Morgan fingerprint density at radius 3 is 2.31 bits per heavy atom. The third kappa shape index (κ3) is 3.59. The molecule has 3 rings (SSSR count). The summed E-state index contributed by atoms with van der Waals surface area (Å²) in [6.45, 7) is 10.2. The van der Waals surface area contributed by atoms with Gasteiger partial charge < -0.3 is 15.1 Å². The number of carbonyl (C=O) groups is 3. The SMILES string of the molecule is CCC(=O)N1CCC(N2C(=O)NC3(CCN(CC(C)C)CC3)C2=O)CC1. The first kappa shape index (κ1) is 19.1. The number of piperidine rings is 2. The average Bonchev–Trinajstić information content (AvgIpc) is 2.86. The number of rotatable bonds is 4. The number of nitrogens with one attached hydrogen (secondary N) is 1. The third-order valence-corrected chi connectivity index (χ3v) is 6.01. The van der Waals surface area contributed by atoms with Crippen LogP contribution in [0.5, 0.6) is 0 Å². The van der Waals surface area contributed by atoms with E-state index in [-0.39, 0.29) is 23.9 Å². The number of amides is 4. The van der Waals surface area contributed by atoms with Crippen molar-refractivity contribution in [3.63, 3.8) is 0 Å². The van der Waals surface area contributed by atoms with Gasteiger partial charge in [0.2, 0.25) is 5.91 Å². The van der Waals surface area contributed by atoms with Crippen LogP contribution < -0.4 is 5.32 Å². The molecule has 7 heteroatoms. The predicted molar refractivity (Wildman–Crippen MR) is 98.5 cm³/mol. The van der Waals surface area contributed by atoms with Crippen molar-refractivity contribution in [1.82, 2.24) is 20.0 Å². The van der Waals surface area contributed by atoms with Crippen molar-refractivity contribution >= 4 is 17.8 Å². The van der Waals surface area contributed by atoms with E-state index in [4.69, 9.17) is 0 Å². The van der Waals surface area contributed by atoms with Crippen molar-refractivity contribution < 1.29 is 14.4 Å². The van der Waals surface area contributed by atoms with Gasteiger partial charge in [-0.2, -0.15) is 0 Å². The topological polar surface area (TPSA) is 73.0 Å². The average molecular weight is 364 g/mol. The molecule has 0 aromatic carbocycles. The summed E-state index contributed by atoms with van der Waals surface area (Å²) in [5, 5.41) is 3.02. The fourth-order valence-electron chi connectivity index (χ4n) is 4.54. The van der Waals surface area contributed by atoms with E-state index in [0.717, 1.165) is 19.6 Å². The second kappa shape index (κ2) is 7.55. The zero-order valence-corrected chi connectivity index (χ0v) is 16.3. The normalized spacial score (nSPS) is 24.6. The van der Waals surface area contributed by atoms with Crippen LogP contribution >= 0.6 is 0 Å². The summed E-state index contributed by atoms with van der Waals surface area (Å²) in [7, 11) is 0. The maximum Gasteiger partial charge on any atom is 0.325 e. The van der Waals surface area contributed by atoms with E-state index >= 15 is 0 Å². The highest BCUT2D eigenvalue weighted by atomic mass is 16.2. The van der Waals surface area contributed by atoms with Crippen LogP contribution in [0.25, 0.3) is 0 Å². The van der Waals surface area contributed by atoms with Gasteiger partial charge in [0, 0.05) is 45.2 Å². The van der Waals surface area contributed by atoms with Crippen LogP contribution in [-0.2, 0) is 9.59 Å². The van der Waals surface area contributed by atoms with E-state index in [1.165, 1.54) is 4.90 Å². The molecule has 3 fully saturated rings. The van der Waals surface area contributed by atoms with E-state index in [2.05, 4.69) is 24.1 Å². The van der Waals surface area contributed by atoms with Crippen LogP contribution in [0.2, 0.25) is 0 Å². The van der Waals surface area contributed by atoms with Gasteiger partial charge in [-0.05, 0) is 31.6 Å². The largest absolute Gasteiger partial charge is 0.343 e. The Morgan fingerprint density at radius 1 is 1.15 bits per heavy atom. The summed E-state index contributed by atoms with van der Waals surface area (Å²) in [5.74, 6) is 0.701. The maximum atomic E-state index is 13.1. The molecule has 3 aliphatic heterocycles. The van der Waals surface area contributed by atoms with Gasteiger partial charge in [0.25, 0.3) is 5.91 Å². The molecule has 0 aromatic heterocycles. The molecule has 0 radical (unpaired) electrons. The summed E-state index contributed by atoms with van der Waals surface area (Å²) < 4.78 is 0. The Hall–Kier alpha value is -1.63. The van der Waals surface area contributed by atoms with Gasteiger partial charge >= 0.3 is 6.03 Å². The van der Waals surface area contributed by atoms with Crippen molar-refractivity contribution in [1.29, 1.82) is 0 Å². The molecule has 3 heterocycles. The van der Waals surface area contributed by atoms with Gasteiger partial charge in [-0.1, -0.05) is 20.8 Å². The number of carbonyl (C=O) groups excluding carboxylic acids is 3. The van der Waals surface area contributed by atoms with E-state index in [0.29, 0.717) is 51.1 Å². The lowest BCUT2D eigenvalue weighted by Gasteiger charge is -2.39. The first-order valence-electron chi connectivity index (χ1n) is 10.0. The van der Waals surface area contributed by atoms with E-state index in [9.17, 15) is 14.4 Å². The lowest BCUT2D eigenvalue weighted by Crippen LogP contribution is -2.56. The highest BCUT2D eigenvalue weighted by Crippen LogP contribution is 2.32. The molecule has 1 N–H and O–H groups in total. The number of likely N-dealkylation sites (tertiary alicyclic amines) is 2. The Bertz CT molecular complexity index is 561. The number of hydrogen-bond acceptors (Lipinski definition) is 4. The van der Waals surface area contributed by atoms with Crippen molar-refractivity contribution in [3.05, 3.63) is 0 Å².